The minimum atomic E-state index is -4.53. The van der Waals surface area contributed by atoms with Gasteiger partial charge in [0.15, 0.2) is 0 Å². The first kappa shape index (κ1) is 83.9. The van der Waals surface area contributed by atoms with Gasteiger partial charge in [-0.1, -0.05) is 91.9 Å². The maximum absolute atomic E-state index is 15.6. The molecule has 572 valence electrons. The lowest BCUT2D eigenvalue weighted by Gasteiger charge is -2.42. The SMILES string of the molecule is CC[C@H](C)[C@@H]1NC(=O)[C@H](C)N(C)C(=O)C[C@@H](C(=O)N2CCOCC2)N(C)C(=O)[C@H](C(C)C)N(C)C(=O)C2(CCCC2)NC(=O)[C@H](CC2CCCCC2Cl)N(C)C(=O)[C@H](CCC2CCC(C(F)(F)F)C(Cl)C2)NC(=O)CN(C)C(=O)[C@H](CC2CCCCC2)N(C)C(=O)CN(C)C(=O)CN(C)C1=O. The molecule has 2 aliphatic heterocycles. The molecule has 13 atom stereocenters. The summed E-state index contributed by atoms with van der Waals surface area (Å²) in [6.45, 7) is 7.36. The zero-order valence-electron chi connectivity index (χ0n) is 61.9. The van der Waals surface area contributed by atoms with Crippen LogP contribution in [0.3, 0.4) is 0 Å². The Bertz CT molecular complexity index is 2920. The van der Waals surface area contributed by atoms with Crippen LogP contribution >= 0.6 is 23.2 Å². The summed E-state index contributed by atoms with van der Waals surface area (Å²) in [7, 11) is 11.1. The highest BCUT2D eigenvalue weighted by Crippen LogP contribution is 2.44. The number of amides is 12. The Morgan fingerprint density at radius 3 is 1.79 bits per heavy atom. The topological polar surface area (TPSA) is 279 Å². The van der Waals surface area contributed by atoms with Gasteiger partial charge in [0.05, 0.1) is 45.2 Å². The van der Waals surface area contributed by atoms with Crippen molar-refractivity contribution in [3.8, 4) is 0 Å². The molecule has 5 unspecified atom stereocenters. The summed E-state index contributed by atoms with van der Waals surface area (Å²) in [6.07, 6.45) is 3.71. The molecule has 0 bridgehead atoms. The van der Waals surface area contributed by atoms with E-state index in [1.807, 2.05) is 6.92 Å². The van der Waals surface area contributed by atoms with Crippen LogP contribution in [0.4, 0.5) is 13.2 Å². The van der Waals surface area contributed by atoms with E-state index in [0.717, 1.165) is 69.4 Å². The van der Waals surface area contributed by atoms with E-state index in [1.54, 1.807) is 20.8 Å². The fourth-order valence-electron chi connectivity index (χ4n) is 15.7. The van der Waals surface area contributed by atoms with E-state index in [1.165, 1.54) is 82.9 Å². The molecule has 0 aromatic heterocycles. The predicted molar refractivity (Wildman–Crippen MR) is 374 cm³/mol. The molecule has 30 heteroatoms. The smallest absolute Gasteiger partial charge is 0.378 e. The third-order valence-electron chi connectivity index (χ3n) is 22.8. The number of ether oxygens (including phenoxy) is 1. The summed E-state index contributed by atoms with van der Waals surface area (Å²) in [5, 5.41) is 7.06. The summed E-state index contributed by atoms with van der Waals surface area (Å²) < 4.78 is 47.8. The molecule has 12 amide bonds. The van der Waals surface area contributed by atoms with Crippen LogP contribution < -0.4 is 16.0 Å². The number of nitrogens with zero attached hydrogens (tertiary/aromatic N) is 9. The predicted octanol–water partition coefficient (Wildman–Crippen LogP) is 5.40. The summed E-state index contributed by atoms with van der Waals surface area (Å²) in [5.41, 5.74) is -1.64. The van der Waals surface area contributed by atoms with E-state index < -0.39 is 185 Å². The fourth-order valence-corrected chi connectivity index (χ4v) is 16.6. The molecule has 4 saturated carbocycles. The fraction of sp³-hybridized carbons (Fsp3) is 0.831. The van der Waals surface area contributed by atoms with Gasteiger partial charge in [0.2, 0.25) is 70.9 Å². The lowest BCUT2D eigenvalue weighted by atomic mass is 9.78. The van der Waals surface area contributed by atoms with Crippen LogP contribution in [-0.4, -0.2) is 282 Å². The van der Waals surface area contributed by atoms with E-state index in [4.69, 9.17) is 27.9 Å². The number of rotatable bonds is 11. The molecular formula is C71H115Cl2F3N12O13. The molecule has 101 heavy (non-hydrogen) atoms. The summed E-state index contributed by atoms with van der Waals surface area (Å²) in [6, 6.07) is -9.13. The second kappa shape index (κ2) is 37.6. The van der Waals surface area contributed by atoms with Crippen LogP contribution in [0.2, 0.25) is 0 Å². The molecule has 25 nitrogen and oxygen atoms in total. The maximum atomic E-state index is 15.6. The van der Waals surface area contributed by atoms with Crippen molar-refractivity contribution in [2.45, 2.75) is 241 Å². The van der Waals surface area contributed by atoms with E-state index in [0.29, 0.717) is 32.1 Å². The zero-order chi connectivity index (χ0) is 75.1. The number of hydrogen-bond acceptors (Lipinski definition) is 13. The minimum Gasteiger partial charge on any atom is -0.378 e. The standard InChI is InChI=1S/C71H115Cl2F3N12O13/c1-14-44(4)60-67(98)82(8)41-58(91)80(6)42-59(92)84(10)54(37-46-22-16-15-17-23-46)65(96)81(7)40-56(89)77-52(29-27-47-26-28-49(51(73)36-47)71(74,75)76)64(95)85(11)53(38-48-24-18-19-25-50(48)72)63(94)79-70(30-20-21-31-70)69(100)87(13)61(43(2)3)68(99)86(12)55(66(97)88-32-34-101-35-33-88)39-57(90)83(9)45(5)62(93)78-60/h43-55,60-61H,14-42H2,1-13H3,(H,77,89)(H,78,93)(H,79,94)/t44-,45-,47?,48?,49?,50?,51?,52-,53-,54-,55-,60-,61-/m0/s1. The average Bonchev–Trinajstić information content (AvgIpc) is 1.76. The molecule has 0 radical (unpaired) electrons. The van der Waals surface area contributed by atoms with Crippen LogP contribution in [0.1, 0.15) is 176 Å². The zero-order valence-corrected chi connectivity index (χ0v) is 63.4. The first-order chi connectivity index (χ1) is 47.4. The molecule has 6 aliphatic rings. The summed E-state index contributed by atoms with van der Waals surface area (Å²) in [4.78, 5) is 189. The lowest BCUT2D eigenvalue weighted by molar-refractivity contribution is -0.182. The highest BCUT2D eigenvalue weighted by Gasteiger charge is 2.51. The largest absolute Gasteiger partial charge is 0.393 e. The van der Waals surface area contributed by atoms with Crippen LogP contribution in [0.15, 0.2) is 0 Å². The molecule has 2 heterocycles. The van der Waals surface area contributed by atoms with E-state index in [2.05, 4.69) is 16.0 Å². The Morgan fingerprint density at radius 2 is 1.20 bits per heavy atom. The summed E-state index contributed by atoms with van der Waals surface area (Å²) in [5.74, 6) is -11.8. The quantitative estimate of drug-likeness (QED) is 0.219. The number of carbonyl (C=O) groups excluding carboxylic acids is 12. The minimum absolute atomic E-state index is 0.0152. The summed E-state index contributed by atoms with van der Waals surface area (Å²) >= 11 is 13.5. The van der Waals surface area contributed by atoms with E-state index in [9.17, 15) is 51.5 Å². The first-order valence-electron chi connectivity index (χ1n) is 36.6. The van der Waals surface area contributed by atoms with Crippen LogP contribution in [0.25, 0.3) is 0 Å². The molecule has 3 N–H and O–H groups in total. The van der Waals surface area contributed by atoms with Gasteiger partial charge in [0, 0.05) is 80.2 Å². The molecule has 1 spiro atoms. The maximum Gasteiger partial charge on any atom is 0.393 e. The number of morpholine rings is 1. The lowest BCUT2D eigenvalue weighted by Crippen LogP contribution is -2.65. The van der Waals surface area contributed by atoms with Crippen molar-refractivity contribution in [2.75, 3.05) is 102 Å². The van der Waals surface area contributed by atoms with Gasteiger partial charge in [-0.25, -0.2) is 0 Å². The van der Waals surface area contributed by atoms with Gasteiger partial charge < -0.3 is 64.8 Å². The van der Waals surface area contributed by atoms with Crippen LogP contribution in [-0.2, 0) is 62.3 Å². The molecule has 0 aromatic rings. The molecular weight excluding hydrogens is 1360 g/mol. The Morgan fingerprint density at radius 1 is 0.594 bits per heavy atom. The molecule has 0 aromatic carbocycles. The van der Waals surface area contributed by atoms with Gasteiger partial charge in [-0.3, -0.25) is 57.5 Å². The normalized spacial score (nSPS) is 30.7. The molecule has 4 aliphatic carbocycles. The molecule has 2 saturated heterocycles. The third kappa shape index (κ3) is 21.8. The highest BCUT2D eigenvalue weighted by atomic mass is 35.5. The number of alkyl halides is 5. The van der Waals surface area contributed by atoms with Crippen molar-refractivity contribution >= 4 is 94.1 Å². The monoisotopic (exact) mass is 1470 g/mol. The number of halogens is 5. The Labute approximate surface area is 605 Å². The van der Waals surface area contributed by atoms with Gasteiger partial charge in [0.25, 0.3) is 0 Å². The molecule has 6 fully saturated rings. The Kier molecular flexibility index (Phi) is 31.2. The Balaban J connectivity index is 1.43. The van der Waals surface area contributed by atoms with Crippen LogP contribution in [0, 0.1) is 35.5 Å². The van der Waals surface area contributed by atoms with Gasteiger partial charge in [-0.15, -0.1) is 23.2 Å². The third-order valence-corrected chi connectivity index (χ3v) is 23.8. The van der Waals surface area contributed by atoms with Gasteiger partial charge in [0.1, 0.15) is 47.8 Å². The van der Waals surface area contributed by atoms with Gasteiger partial charge in [-0.05, 0) is 107 Å². The second-order valence-corrected chi connectivity index (χ2v) is 31.4. The van der Waals surface area contributed by atoms with Gasteiger partial charge >= 0.3 is 6.18 Å². The van der Waals surface area contributed by atoms with E-state index >= 15 is 19.2 Å². The first-order valence-corrected chi connectivity index (χ1v) is 37.5. The second-order valence-electron chi connectivity index (χ2n) is 30.2. The number of carbonyl (C=O) groups is 12. The molecule has 6 rings (SSSR count). The number of hydrogen-bond donors (Lipinski definition) is 3. The average molecular weight is 1470 g/mol. The Hall–Kier alpha value is -6.03. The van der Waals surface area contributed by atoms with Crippen molar-refractivity contribution in [1.29, 1.82) is 0 Å². The highest BCUT2D eigenvalue weighted by molar-refractivity contribution is 6.21. The van der Waals surface area contributed by atoms with Crippen LogP contribution in [0.5, 0.6) is 0 Å². The van der Waals surface area contributed by atoms with Crippen molar-refractivity contribution in [2.24, 2.45) is 35.5 Å². The number of likely N-dealkylation sites (N-methyl/N-ethyl adjacent to an activating group) is 8. The van der Waals surface area contributed by atoms with Crippen molar-refractivity contribution < 1.29 is 75.4 Å². The van der Waals surface area contributed by atoms with Gasteiger partial charge in [-0.2, -0.15) is 13.2 Å². The number of nitrogens with one attached hydrogen (secondary N) is 3. The van der Waals surface area contributed by atoms with Crippen molar-refractivity contribution in [3.63, 3.8) is 0 Å². The van der Waals surface area contributed by atoms with E-state index in [-0.39, 0.29) is 95.9 Å². The van der Waals surface area contributed by atoms with Crippen molar-refractivity contribution in [1.82, 2.24) is 60.0 Å². The van der Waals surface area contributed by atoms with Crippen molar-refractivity contribution in [3.05, 3.63) is 0 Å².